The van der Waals surface area contributed by atoms with Crippen molar-refractivity contribution in [2.75, 3.05) is 13.1 Å². The lowest BCUT2D eigenvalue weighted by atomic mass is 9.90. The molecule has 1 aromatic carbocycles. The predicted molar refractivity (Wildman–Crippen MR) is 119 cm³/mol. The molecular formula is C25H27F3N4O. The SMILES string of the molecule is Cc1nn(CC(=O)N2CCC(Cc3ccccc3)CC2)c2nc(C3CC3)cc(C(F)(F)F)c12. The Morgan fingerprint density at radius 2 is 1.79 bits per heavy atom. The van der Waals surface area contributed by atoms with Gasteiger partial charge in [0, 0.05) is 24.7 Å². The van der Waals surface area contributed by atoms with Gasteiger partial charge in [0.25, 0.3) is 0 Å². The molecule has 0 bridgehead atoms. The zero-order valence-electron chi connectivity index (χ0n) is 18.6. The summed E-state index contributed by atoms with van der Waals surface area (Å²) in [6.07, 6.45) is 0.0389. The topological polar surface area (TPSA) is 51.0 Å². The Bertz CT molecular complexity index is 1160. The third kappa shape index (κ3) is 4.61. The highest BCUT2D eigenvalue weighted by Crippen LogP contribution is 2.43. The van der Waals surface area contributed by atoms with E-state index in [0.29, 0.717) is 24.7 Å². The molecule has 3 heterocycles. The third-order valence-electron chi connectivity index (χ3n) is 6.82. The fraction of sp³-hybridized carbons (Fsp3) is 0.480. The van der Waals surface area contributed by atoms with E-state index >= 15 is 0 Å². The molecule has 0 atom stereocenters. The number of halogens is 3. The molecule has 174 valence electrons. The Labute approximate surface area is 190 Å². The molecule has 0 radical (unpaired) electrons. The van der Waals surface area contributed by atoms with E-state index in [1.165, 1.54) is 16.3 Å². The van der Waals surface area contributed by atoms with Crippen LogP contribution in [0.25, 0.3) is 11.0 Å². The minimum atomic E-state index is -4.49. The van der Waals surface area contributed by atoms with Crippen LogP contribution in [-0.2, 0) is 23.9 Å². The quantitative estimate of drug-likeness (QED) is 0.536. The number of carbonyl (C=O) groups excluding carboxylic acids is 1. The second kappa shape index (κ2) is 8.47. The number of amides is 1. The molecule has 2 aromatic heterocycles. The van der Waals surface area contributed by atoms with E-state index < -0.39 is 11.7 Å². The van der Waals surface area contributed by atoms with E-state index in [0.717, 1.165) is 32.1 Å². The number of nitrogens with zero attached hydrogens (tertiary/aromatic N) is 4. The predicted octanol–water partition coefficient (Wildman–Crippen LogP) is 5.12. The van der Waals surface area contributed by atoms with Gasteiger partial charge in [-0.2, -0.15) is 18.3 Å². The molecule has 2 fully saturated rings. The fourth-order valence-electron chi connectivity index (χ4n) is 4.86. The molecule has 5 rings (SSSR count). The Kier molecular flexibility index (Phi) is 5.62. The van der Waals surface area contributed by atoms with Crippen LogP contribution < -0.4 is 0 Å². The number of aromatic nitrogens is 3. The summed E-state index contributed by atoms with van der Waals surface area (Å²) in [5.41, 5.74) is 1.47. The van der Waals surface area contributed by atoms with Gasteiger partial charge in [-0.25, -0.2) is 9.67 Å². The maximum atomic E-state index is 13.8. The third-order valence-corrected chi connectivity index (χ3v) is 6.82. The zero-order valence-corrected chi connectivity index (χ0v) is 18.6. The first-order chi connectivity index (χ1) is 15.8. The molecule has 0 unspecified atom stereocenters. The van der Waals surface area contributed by atoms with Gasteiger partial charge in [-0.15, -0.1) is 0 Å². The van der Waals surface area contributed by atoms with E-state index in [1.54, 1.807) is 11.8 Å². The summed E-state index contributed by atoms with van der Waals surface area (Å²) >= 11 is 0. The van der Waals surface area contributed by atoms with Gasteiger partial charge in [-0.05, 0) is 56.6 Å². The average molecular weight is 457 g/mol. The van der Waals surface area contributed by atoms with E-state index in [9.17, 15) is 18.0 Å². The van der Waals surface area contributed by atoms with Crippen LogP contribution in [0.1, 0.15) is 54.1 Å². The van der Waals surface area contributed by atoms with Gasteiger partial charge >= 0.3 is 6.18 Å². The lowest BCUT2D eigenvalue weighted by Gasteiger charge is -2.32. The number of benzene rings is 1. The summed E-state index contributed by atoms with van der Waals surface area (Å²) in [5.74, 6) is 0.476. The molecule has 8 heteroatoms. The van der Waals surface area contributed by atoms with Crippen molar-refractivity contribution in [3.8, 4) is 0 Å². The molecule has 3 aromatic rings. The zero-order chi connectivity index (χ0) is 23.2. The van der Waals surface area contributed by atoms with Crippen LogP contribution >= 0.6 is 0 Å². The van der Waals surface area contributed by atoms with Gasteiger partial charge in [0.2, 0.25) is 5.91 Å². The molecule has 0 spiro atoms. The maximum Gasteiger partial charge on any atom is 0.417 e. The number of carbonyl (C=O) groups is 1. The van der Waals surface area contributed by atoms with Crippen LogP contribution in [0.3, 0.4) is 0 Å². The summed E-state index contributed by atoms with van der Waals surface area (Å²) in [5, 5.41) is 4.30. The van der Waals surface area contributed by atoms with Gasteiger partial charge in [0.15, 0.2) is 5.65 Å². The van der Waals surface area contributed by atoms with E-state index in [4.69, 9.17) is 0 Å². The highest BCUT2D eigenvalue weighted by atomic mass is 19.4. The van der Waals surface area contributed by atoms with Gasteiger partial charge in [0.1, 0.15) is 6.54 Å². The van der Waals surface area contributed by atoms with E-state index in [1.807, 2.05) is 18.2 Å². The van der Waals surface area contributed by atoms with Crippen molar-refractivity contribution in [3.05, 3.63) is 58.9 Å². The highest BCUT2D eigenvalue weighted by molar-refractivity contribution is 5.85. The number of fused-ring (bicyclic) bond motifs is 1. The summed E-state index contributed by atoms with van der Waals surface area (Å²) in [6, 6.07) is 11.5. The van der Waals surface area contributed by atoms with Crippen LogP contribution in [0.5, 0.6) is 0 Å². The number of likely N-dealkylation sites (tertiary alicyclic amines) is 1. The number of pyridine rings is 1. The minimum absolute atomic E-state index is 0.00118. The average Bonchev–Trinajstić information content (AvgIpc) is 3.59. The maximum absolute atomic E-state index is 13.8. The summed E-state index contributed by atoms with van der Waals surface area (Å²) < 4.78 is 42.7. The molecule has 33 heavy (non-hydrogen) atoms. The Morgan fingerprint density at radius 3 is 2.42 bits per heavy atom. The van der Waals surface area contributed by atoms with Crippen molar-refractivity contribution in [3.63, 3.8) is 0 Å². The normalized spacial score (nSPS) is 17.6. The van der Waals surface area contributed by atoms with Gasteiger partial charge < -0.3 is 4.90 Å². The molecule has 2 aliphatic rings. The van der Waals surface area contributed by atoms with E-state index in [2.05, 4.69) is 22.2 Å². The number of aryl methyl sites for hydroxylation is 1. The Hall–Kier alpha value is -2.90. The molecule has 5 nitrogen and oxygen atoms in total. The van der Waals surface area contributed by atoms with Gasteiger partial charge in [-0.3, -0.25) is 4.79 Å². The Morgan fingerprint density at radius 1 is 1.09 bits per heavy atom. The summed E-state index contributed by atoms with van der Waals surface area (Å²) in [4.78, 5) is 19.3. The molecule has 1 saturated heterocycles. The van der Waals surface area contributed by atoms with Crippen molar-refractivity contribution in [2.24, 2.45) is 5.92 Å². The number of hydrogen-bond acceptors (Lipinski definition) is 3. The van der Waals surface area contributed by atoms with Crippen molar-refractivity contribution < 1.29 is 18.0 Å². The van der Waals surface area contributed by atoms with Gasteiger partial charge in [0.05, 0.1) is 16.6 Å². The second-order valence-corrected chi connectivity index (χ2v) is 9.32. The first-order valence-electron chi connectivity index (χ1n) is 11.6. The van der Waals surface area contributed by atoms with Crippen molar-refractivity contribution in [1.29, 1.82) is 0 Å². The minimum Gasteiger partial charge on any atom is -0.341 e. The van der Waals surface area contributed by atoms with Crippen molar-refractivity contribution in [2.45, 2.75) is 57.7 Å². The van der Waals surface area contributed by atoms with Crippen LogP contribution in [0.2, 0.25) is 0 Å². The fourth-order valence-corrected chi connectivity index (χ4v) is 4.86. The molecular weight excluding hydrogens is 429 g/mol. The lowest BCUT2D eigenvalue weighted by molar-refractivity contribution is -0.136. The van der Waals surface area contributed by atoms with Crippen molar-refractivity contribution in [1.82, 2.24) is 19.7 Å². The lowest BCUT2D eigenvalue weighted by Crippen LogP contribution is -2.40. The molecule has 1 amide bonds. The molecule has 0 N–H and O–H groups in total. The summed E-state index contributed by atoms with van der Waals surface area (Å²) in [7, 11) is 0. The molecule has 1 aliphatic heterocycles. The first-order valence-corrected chi connectivity index (χ1v) is 11.6. The van der Waals surface area contributed by atoms with Crippen LogP contribution in [0.4, 0.5) is 13.2 Å². The number of piperidine rings is 1. The molecule has 1 saturated carbocycles. The number of alkyl halides is 3. The van der Waals surface area contributed by atoms with Crippen molar-refractivity contribution >= 4 is 16.9 Å². The number of rotatable bonds is 5. The number of hydrogen-bond donors (Lipinski definition) is 0. The van der Waals surface area contributed by atoms with Crippen LogP contribution in [0.15, 0.2) is 36.4 Å². The standard InChI is InChI=1S/C25H27F3N4O/c1-16-23-20(25(26,27)28)14-21(19-7-8-19)29-24(23)32(30-16)15-22(33)31-11-9-18(10-12-31)13-17-5-3-2-4-6-17/h2-6,14,18-19H,7-13,15H2,1H3. The summed E-state index contributed by atoms with van der Waals surface area (Å²) in [6.45, 7) is 2.77. The second-order valence-electron chi connectivity index (χ2n) is 9.32. The monoisotopic (exact) mass is 456 g/mol. The highest BCUT2D eigenvalue weighted by Gasteiger charge is 2.38. The first kappa shape index (κ1) is 21.9. The largest absolute Gasteiger partial charge is 0.417 e. The van der Waals surface area contributed by atoms with Gasteiger partial charge in [-0.1, -0.05) is 30.3 Å². The van der Waals surface area contributed by atoms with E-state index in [-0.39, 0.29) is 35.1 Å². The van der Waals surface area contributed by atoms with Crippen LogP contribution in [0, 0.1) is 12.8 Å². The van der Waals surface area contributed by atoms with Crippen LogP contribution in [-0.4, -0.2) is 38.7 Å². The molecule has 1 aliphatic carbocycles. The Balaban J connectivity index is 1.32. The smallest absolute Gasteiger partial charge is 0.341 e.